The maximum atomic E-state index is 12.4. The standard InChI is InChI=1S/C13H13NO4S2/c1-18-13(15)9-3-2-4-11(7-9)20(16,17)12-6-5-10(8-14)19-12/h2-7H,8,14H2,1H3. The van der Waals surface area contributed by atoms with Gasteiger partial charge < -0.3 is 10.5 Å². The van der Waals surface area contributed by atoms with E-state index in [4.69, 9.17) is 5.73 Å². The molecule has 0 amide bonds. The van der Waals surface area contributed by atoms with Gasteiger partial charge in [-0.2, -0.15) is 0 Å². The van der Waals surface area contributed by atoms with Crippen molar-refractivity contribution in [3.05, 3.63) is 46.8 Å². The quantitative estimate of drug-likeness (QED) is 0.870. The molecule has 0 atom stereocenters. The molecule has 1 aromatic heterocycles. The van der Waals surface area contributed by atoms with Gasteiger partial charge in [0.1, 0.15) is 4.21 Å². The number of sulfone groups is 1. The van der Waals surface area contributed by atoms with Crippen molar-refractivity contribution in [2.45, 2.75) is 15.6 Å². The Bertz CT molecular complexity index is 734. The van der Waals surface area contributed by atoms with Gasteiger partial charge in [0, 0.05) is 11.4 Å². The van der Waals surface area contributed by atoms with Crippen molar-refractivity contribution in [3.63, 3.8) is 0 Å². The topological polar surface area (TPSA) is 86.5 Å². The van der Waals surface area contributed by atoms with Gasteiger partial charge >= 0.3 is 5.97 Å². The molecule has 7 heteroatoms. The Labute approximate surface area is 120 Å². The smallest absolute Gasteiger partial charge is 0.337 e. The number of nitrogens with two attached hydrogens (primary N) is 1. The molecule has 0 bridgehead atoms. The van der Waals surface area contributed by atoms with Crippen LogP contribution in [0.2, 0.25) is 0 Å². The van der Waals surface area contributed by atoms with Crippen molar-refractivity contribution in [3.8, 4) is 0 Å². The number of methoxy groups -OCH3 is 1. The fourth-order valence-electron chi connectivity index (χ4n) is 1.64. The fraction of sp³-hybridized carbons (Fsp3) is 0.154. The Morgan fingerprint density at radius 2 is 2.05 bits per heavy atom. The van der Waals surface area contributed by atoms with Crippen LogP contribution in [0.25, 0.3) is 0 Å². The Hall–Kier alpha value is -1.70. The van der Waals surface area contributed by atoms with E-state index in [9.17, 15) is 13.2 Å². The molecule has 5 nitrogen and oxygen atoms in total. The van der Waals surface area contributed by atoms with Gasteiger partial charge in [-0.1, -0.05) is 6.07 Å². The van der Waals surface area contributed by atoms with E-state index in [0.717, 1.165) is 16.2 Å². The second kappa shape index (κ2) is 5.74. The third-order valence-electron chi connectivity index (χ3n) is 2.67. The van der Waals surface area contributed by atoms with Gasteiger partial charge in [0.2, 0.25) is 9.84 Å². The molecule has 20 heavy (non-hydrogen) atoms. The van der Waals surface area contributed by atoms with Crippen LogP contribution in [0.5, 0.6) is 0 Å². The second-order valence-corrected chi connectivity index (χ2v) is 7.29. The third kappa shape index (κ3) is 2.74. The summed E-state index contributed by atoms with van der Waals surface area (Å²) < 4.78 is 29.7. The van der Waals surface area contributed by atoms with Crippen LogP contribution in [-0.2, 0) is 21.1 Å². The van der Waals surface area contributed by atoms with E-state index >= 15 is 0 Å². The summed E-state index contributed by atoms with van der Waals surface area (Å²) in [6, 6.07) is 8.97. The summed E-state index contributed by atoms with van der Waals surface area (Å²) in [5.41, 5.74) is 5.68. The molecular formula is C13H13NO4S2. The number of hydrogen-bond acceptors (Lipinski definition) is 6. The number of thiophene rings is 1. The molecule has 2 N–H and O–H groups in total. The van der Waals surface area contributed by atoms with Crippen molar-refractivity contribution in [1.82, 2.24) is 0 Å². The highest BCUT2D eigenvalue weighted by Crippen LogP contribution is 2.28. The number of esters is 1. The normalized spacial score (nSPS) is 11.3. The summed E-state index contributed by atoms with van der Waals surface area (Å²) in [7, 11) is -2.39. The lowest BCUT2D eigenvalue weighted by Gasteiger charge is -2.04. The third-order valence-corrected chi connectivity index (χ3v) is 6.02. The van der Waals surface area contributed by atoms with E-state index in [2.05, 4.69) is 4.74 Å². The van der Waals surface area contributed by atoms with Crippen LogP contribution in [0.4, 0.5) is 0 Å². The molecule has 2 rings (SSSR count). The maximum absolute atomic E-state index is 12.4. The Morgan fingerprint density at radius 1 is 1.30 bits per heavy atom. The molecule has 106 valence electrons. The van der Waals surface area contributed by atoms with Crippen LogP contribution in [0.1, 0.15) is 15.2 Å². The van der Waals surface area contributed by atoms with Gasteiger partial charge in [-0.15, -0.1) is 11.3 Å². The summed E-state index contributed by atoms with van der Waals surface area (Å²) in [5, 5.41) is 0. The SMILES string of the molecule is COC(=O)c1cccc(S(=O)(=O)c2ccc(CN)s2)c1. The van der Waals surface area contributed by atoms with Gasteiger partial charge in [-0.25, -0.2) is 13.2 Å². The minimum absolute atomic E-state index is 0.0609. The van der Waals surface area contributed by atoms with Gasteiger partial charge in [0.05, 0.1) is 17.6 Å². The molecular weight excluding hydrogens is 298 g/mol. The van der Waals surface area contributed by atoms with Crippen LogP contribution in [-0.4, -0.2) is 21.5 Å². The summed E-state index contributed by atoms with van der Waals surface area (Å²) in [6.07, 6.45) is 0. The lowest BCUT2D eigenvalue weighted by molar-refractivity contribution is 0.0600. The summed E-state index contributed by atoms with van der Waals surface area (Å²) >= 11 is 1.13. The van der Waals surface area contributed by atoms with Crippen LogP contribution in [0.3, 0.4) is 0 Å². The summed E-state index contributed by atoms with van der Waals surface area (Å²) in [4.78, 5) is 12.3. The zero-order valence-corrected chi connectivity index (χ0v) is 12.3. The van der Waals surface area contributed by atoms with Crippen molar-refractivity contribution in [2.24, 2.45) is 5.73 Å². The number of benzene rings is 1. The lowest BCUT2D eigenvalue weighted by atomic mass is 10.2. The predicted octanol–water partition coefficient (Wildman–Crippen LogP) is 1.83. The molecule has 1 heterocycles. The molecule has 0 unspecified atom stereocenters. The van der Waals surface area contributed by atoms with E-state index in [-0.39, 0.29) is 14.7 Å². The van der Waals surface area contributed by atoms with Crippen LogP contribution < -0.4 is 5.73 Å². The molecule has 0 aliphatic rings. The maximum Gasteiger partial charge on any atom is 0.337 e. The van der Waals surface area contributed by atoms with Crippen LogP contribution >= 0.6 is 11.3 Å². The minimum Gasteiger partial charge on any atom is -0.465 e. The zero-order valence-electron chi connectivity index (χ0n) is 10.7. The predicted molar refractivity (Wildman–Crippen MR) is 75.4 cm³/mol. The largest absolute Gasteiger partial charge is 0.465 e. The molecule has 0 radical (unpaired) electrons. The first-order valence-electron chi connectivity index (χ1n) is 5.71. The fourth-order valence-corrected chi connectivity index (χ4v) is 4.32. The molecule has 0 fully saturated rings. The Kier molecular flexibility index (Phi) is 4.22. The molecule has 0 saturated heterocycles. The zero-order chi connectivity index (χ0) is 14.8. The average Bonchev–Trinajstić information content (AvgIpc) is 2.96. The van der Waals surface area contributed by atoms with Gasteiger partial charge in [-0.3, -0.25) is 0 Å². The molecule has 2 aromatic rings. The van der Waals surface area contributed by atoms with E-state index in [1.54, 1.807) is 6.07 Å². The Morgan fingerprint density at radius 3 is 2.65 bits per heavy atom. The van der Waals surface area contributed by atoms with E-state index in [1.807, 2.05) is 0 Å². The molecule has 1 aromatic carbocycles. The highest BCUT2D eigenvalue weighted by molar-refractivity contribution is 7.93. The number of rotatable bonds is 4. The highest BCUT2D eigenvalue weighted by atomic mass is 32.2. The van der Waals surface area contributed by atoms with E-state index in [1.165, 1.54) is 37.4 Å². The number of hydrogen-bond donors (Lipinski definition) is 1. The Balaban J connectivity index is 2.46. The number of ether oxygens (including phenoxy) is 1. The van der Waals surface area contributed by atoms with Gasteiger partial charge in [0.25, 0.3) is 0 Å². The van der Waals surface area contributed by atoms with Crippen molar-refractivity contribution in [1.29, 1.82) is 0 Å². The number of carbonyl (C=O) groups excluding carboxylic acids is 1. The van der Waals surface area contributed by atoms with Crippen LogP contribution in [0, 0.1) is 0 Å². The van der Waals surface area contributed by atoms with E-state index in [0.29, 0.717) is 6.54 Å². The molecule has 0 aliphatic heterocycles. The first kappa shape index (κ1) is 14.7. The number of carbonyl (C=O) groups is 1. The lowest BCUT2D eigenvalue weighted by Crippen LogP contribution is -2.05. The van der Waals surface area contributed by atoms with Crippen molar-refractivity contribution in [2.75, 3.05) is 7.11 Å². The first-order valence-corrected chi connectivity index (χ1v) is 8.01. The second-order valence-electron chi connectivity index (χ2n) is 3.95. The molecule has 0 spiro atoms. The van der Waals surface area contributed by atoms with Crippen LogP contribution in [0.15, 0.2) is 45.5 Å². The average molecular weight is 311 g/mol. The van der Waals surface area contributed by atoms with Gasteiger partial charge in [0.15, 0.2) is 0 Å². The molecule has 0 aliphatic carbocycles. The van der Waals surface area contributed by atoms with Gasteiger partial charge in [-0.05, 0) is 30.3 Å². The first-order chi connectivity index (χ1) is 9.48. The van der Waals surface area contributed by atoms with E-state index < -0.39 is 15.8 Å². The summed E-state index contributed by atoms with van der Waals surface area (Å²) in [6.45, 7) is 0.294. The monoisotopic (exact) mass is 311 g/mol. The minimum atomic E-state index is -3.64. The molecule has 0 saturated carbocycles. The van der Waals surface area contributed by atoms with Crippen molar-refractivity contribution < 1.29 is 17.9 Å². The van der Waals surface area contributed by atoms with Crippen molar-refractivity contribution >= 4 is 27.1 Å². The summed E-state index contributed by atoms with van der Waals surface area (Å²) in [5.74, 6) is -0.573. The highest BCUT2D eigenvalue weighted by Gasteiger charge is 2.21.